The first kappa shape index (κ1) is 18.0. The molecule has 6 nitrogen and oxygen atoms in total. The summed E-state index contributed by atoms with van der Waals surface area (Å²) in [4.78, 5) is 26.2. The Labute approximate surface area is 163 Å². The van der Waals surface area contributed by atoms with E-state index in [2.05, 4.69) is 10.4 Å². The van der Waals surface area contributed by atoms with Gasteiger partial charge in [-0.25, -0.2) is 4.68 Å². The minimum atomic E-state index is -0.137. The fourth-order valence-corrected chi connectivity index (χ4v) is 3.36. The zero-order valence-electron chi connectivity index (χ0n) is 15.5. The summed E-state index contributed by atoms with van der Waals surface area (Å²) in [6.07, 6.45) is 5.19. The highest BCUT2D eigenvalue weighted by atomic mass is 16.2. The Hall–Kier alpha value is -3.41. The van der Waals surface area contributed by atoms with Gasteiger partial charge in [-0.05, 0) is 36.2 Å². The largest absolute Gasteiger partial charge is 0.348 e. The molecule has 6 heteroatoms. The highest BCUT2D eigenvalue weighted by molar-refractivity contribution is 5.94. The van der Waals surface area contributed by atoms with Crippen molar-refractivity contribution in [3.63, 3.8) is 0 Å². The minimum Gasteiger partial charge on any atom is -0.348 e. The molecule has 0 bridgehead atoms. The summed E-state index contributed by atoms with van der Waals surface area (Å²) < 4.78 is 1.79. The first-order valence-electron chi connectivity index (χ1n) is 9.43. The SMILES string of the molecule is O=C(NCc1cnn(-c2ccccc2)c1)c1cccc(CN2CCCC2=O)c1. The molecule has 0 unspecified atom stereocenters. The van der Waals surface area contributed by atoms with Gasteiger partial charge in [0.15, 0.2) is 0 Å². The molecule has 0 saturated carbocycles. The lowest BCUT2D eigenvalue weighted by Crippen LogP contribution is -2.25. The van der Waals surface area contributed by atoms with Gasteiger partial charge in [0.05, 0.1) is 11.9 Å². The summed E-state index contributed by atoms with van der Waals surface area (Å²) in [7, 11) is 0. The Kier molecular flexibility index (Phi) is 5.19. The van der Waals surface area contributed by atoms with Crippen molar-refractivity contribution in [3.05, 3.63) is 83.7 Å². The number of amides is 2. The fraction of sp³-hybridized carbons (Fsp3) is 0.227. The molecule has 1 aliphatic rings. The lowest BCUT2D eigenvalue weighted by molar-refractivity contribution is -0.128. The molecule has 0 radical (unpaired) electrons. The Morgan fingerprint density at radius 1 is 1.07 bits per heavy atom. The van der Waals surface area contributed by atoms with E-state index in [-0.39, 0.29) is 11.8 Å². The first-order chi connectivity index (χ1) is 13.7. The van der Waals surface area contributed by atoms with Crippen LogP contribution in [0.3, 0.4) is 0 Å². The van der Waals surface area contributed by atoms with Gasteiger partial charge in [-0.2, -0.15) is 5.10 Å². The quantitative estimate of drug-likeness (QED) is 0.721. The number of hydrogen-bond acceptors (Lipinski definition) is 3. The normalized spacial score (nSPS) is 13.7. The Morgan fingerprint density at radius 2 is 1.93 bits per heavy atom. The third-order valence-corrected chi connectivity index (χ3v) is 4.84. The molecule has 1 aliphatic heterocycles. The number of para-hydroxylation sites is 1. The molecule has 0 aliphatic carbocycles. The number of hydrogen-bond donors (Lipinski definition) is 1. The van der Waals surface area contributed by atoms with E-state index in [1.165, 1.54) is 0 Å². The van der Waals surface area contributed by atoms with Crippen LogP contribution in [0.25, 0.3) is 5.69 Å². The van der Waals surface area contributed by atoms with E-state index in [9.17, 15) is 9.59 Å². The average molecular weight is 374 g/mol. The molecule has 1 N–H and O–H groups in total. The lowest BCUT2D eigenvalue weighted by Gasteiger charge is -2.16. The van der Waals surface area contributed by atoms with Crippen LogP contribution in [-0.2, 0) is 17.9 Å². The second-order valence-corrected chi connectivity index (χ2v) is 6.93. The zero-order chi connectivity index (χ0) is 19.3. The monoisotopic (exact) mass is 374 g/mol. The predicted molar refractivity (Wildman–Crippen MR) is 106 cm³/mol. The van der Waals surface area contributed by atoms with Crippen LogP contribution in [0.5, 0.6) is 0 Å². The molecule has 0 atom stereocenters. The van der Waals surface area contributed by atoms with E-state index in [4.69, 9.17) is 0 Å². The number of benzene rings is 2. The second-order valence-electron chi connectivity index (χ2n) is 6.93. The molecule has 4 rings (SSSR count). The van der Waals surface area contributed by atoms with Crippen LogP contribution < -0.4 is 5.32 Å². The molecule has 2 aromatic carbocycles. The van der Waals surface area contributed by atoms with Gasteiger partial charge in [-0.1, -0.05) is 30.3 Å². The molecular formula is C22H22N4O2. The van der Waals surface area contributed by atoms with E-state index in [0.29, 0.717) is 25.1 Å². The Balaban J connectivity index is 1.37. The van der Waals surface area contributed by atoms with Gasteiger partial charge in [0, 0.05) is 43.4 Å². The van der Waals surface area contributed by atoms with Gasteiger partial charge < -0.3 is 10.2 Å². The van der Waals surface area contributed by atoms with Crippen LogP contribution in [-0.4, -0.2) is 33.0 Å². The number of aromatic nitrogens is 2. The summed E-state index contributed by atoms with van der Waals surface area (Å²) in [5.41, 5.74) is 3.47. The number of carbonyl (C=O) groups excluding carboxylic acids is 2. The maximum Gasteiger partial charge on any atom is 0.251 e. The fourth-order valence-electron chi connectivity index (χ4n) is 3.36. The Morgan fingerprint density at radius 3 is 2.71 bits per heavy atom. The first-order valence-corrected chi connectivity index (χ1v) is 9.43. The number of nitrogens with one attached hydrogen (secondary N) is 1. The van der Waals surface area contributed by atoms with Crippen LogP contribution in [0.4, 0.5) is 0 Å². The highest BCUT2D eigenvalue weighted by Gasteiger charge is 2.20. The van der Waals surface area contributed by atoms with Gasteiger partial charge in [0.1, 0.15) is 0 Å². The number of likely N-dealkylation sites (tertiary alicyclic amines) is 1. The number of carbonyl (C=O) groups is 2. The van der Waals surface area contributed by atoms with E-state index in [0.717, 1.165) is 29.8 Å². The van der Waals surface area contributed by atoms with E-state index >= 15 is 0 Å². The molecule has 28 heavy (non-hydrogen) atoms. The summed E-state index contributed by atoms with van der Waals surface area (Å²) in [5.74, 6) is 0.0485. The van der Waals surface area contributed by atoms with Gasteiger partial charge in [0.2, 0.25) is 5.91 Å². The van der Waals surface area contributed by atoms with Crippen LogP contribution in [0.15, 0.2) is 67.0 Å². The van der Waals surface area contributed by atoms with Crippen molar-refractivity contribution in [1.29, 1.82) is 0 Å². The highest BCUT2D eigenvalue weighted by Crippen LogP contribution is 2.15. The van der Waals surface area contributed by atoms with E-state index in [1.54, 1.807) is 16.9 Å². The lowest BCUT2D eigenvalue weighted by atomic mass is 10.1. The van der Waals surface area contributed by atoms with Crippen LogP contribution in [0, 0.1) is 0 Å². The standard InChI is InChI=1S/C22H22N4O2/c27-21-10-5-11-25(21)15-17-6-4-7-19(12-17)22(28)23-13-18-14-24-26(16-18)20-8-2-1-3-9-20/h1-4,6-9,12,14,16H,5,10-11,13,15H2,(H,23,28). The summed E-state index contributed by atoms with van der Waals surface area (Å²) in [6, 6.07) is 17.3. The van der Waals surface area contributed by atoms with Gasteiger partial charge in [0.25, 0.3) is 5.91 Å². The molecular weight excluding hydrogens is 352 g/mol. The summed E-state index contributed by atoms with van der Waals surface area (Å²) >= 11 is 0. The van der Waals surface area contributed by atoms with E-state index in [1.807, 2.05) is 59.6 Å². The molecule has 3 aromatic rings. The van der Waals surface area contributed by atoms with Crippen molar-refractivity contribution in [3.8, 4) is 5.69 Å². The molecule has 142 valence electrons. The molecule has 1 aromatic heterocycles. The van der Waals surface area contributed by atoms with Crippen LogP contribution >= 0.6 is 0 Å². The predicted octanol–water partition coefficient (Wildman–Crippen LogP) is 2.92. The van der Waals surface area contributed by atoms with E-state index < -0.39 is 0 Å². The third kappa shape index (κ3) is 4.11. The maximum absolute atomic E-state index is 12.5. The smallest absolute Gasteiger partial charge is 0.251 e. The van der Waals surface area contributed by atoms with Gasteiger partial charge in [-0.15, -0.1) is 0 Å². The minimum absolute atomic E-state index is 0.137. The van der Waals surface area contributed by atoms with Crippen molar-refractivity contribution in [2.45, 2.75) is 25.9 Å². The average Bonchev–Trinajstić information content (AvgIpc) is 3.36. The molecule has 1 fully saturated rings. The van der Waals surface area contributed by atoms with Crippen molar-refractivity contribution < 1.29 is 9.59 Å². The zero-order valence-corrected chi connectivity index (χ0v) is 15.5. The van der Waals surface area contributed by atoms with Gasteiger partial charge >= 0.3 is 0 Å². The van der Waals surface area contributed by atoms with Crippen LogP contribution in [0.1, 0.15) is 34.3 Å². The maximum atomic E-state index is 12.5. The third-order valence-electron chi connectivity index (χ3n) is 4.84. The number of rotatable bonds is 6. The van der Waals surface area contributed by atoms with Crippen molar-refractivity contribution in [2.75, 3.05) is 6.54 Å². The van der Waals surface area contributed by atoms with Crippen molar-refractivity contribution in [2.24, 2.45) is 0 Å². The van der Waals surface area contributed by atoms with Crippen LogP contribution in [0.2, 0.25) is 0 Å². The summed E-state index contributed by atoms with van der Waals surface area (Å²) in [6.45, 7) is 1.75. The van der Waals surface area contributed by atoms with Crippen molar-refractivity contribution >= 4 is 11.8 Å². The molecule has 0 spiro atoms. The van der Waals surface area contributed by atoms with Crippen molar-refractivity contribution in [1.82, 2.24) is 20.0 Å². The molecule has 2 amide bonds. The van der Waals surface area contributed by atoms with Gasteiger partial charge in [-0.3, -0.25) is 9.59 Å². The second kappa shape index (κ2) is 8.08. The number of nitrogens with zero attached hydrogens (tertiary/aromatic N) is 3. The summed E-state index contributed by atoms with van der Waals surface area (Å²) in [5, 5.41) is 7.28. The topological polar surface area (TPSA) is 67.2 Å². The molecule has 2 heterocycles. The Bertz CT molecular complexity index is 981. The molecule has 1 saturated heterocycles.